The Balaban J connectivity index is 1.50. The second kappa shape index (κ2) is 10.8. The number of nitrogens with zero attached hydrogens (tertiary/aromatic N) is 4. The third kappa shape index (κ3) is 5.11. The van der Waals surface area contributed by atoms with Crippen LogP contribution in [0.5, 0.6) is 0 Å². The number of carbonyl (C=O) groups excluding carboxylic acids is 2. The number of benzene rings is 2. The average Bonchev–Trinajstić information content (AvgIpc) is 3.55. The summed E-state index contributed by atoms with van der Waals surface area (Å²) in [5.41, 5.74) is 3.14. The highest BCUT2D eigenvalue weighted by atomic mass is 35.5. The number of aliphatic hydroxyl groups is 1. The Bertz CT molecular complexity index is 1600. The average molecular weight is 604 g/mol. The number of rotatable bonds is 7. The topological polar surface area (TPSA) is 96.3 Å². The Labute approximate surface area is 241 Å². The fourth-order valence-corrected chi connectivity index (χ4v) is 7.40. The molecule has 12 heteroatoms. The van der Waals surface area contributed by atoms with E-state index in [4.69, 9.17) is 23.2 Å². The molecule has 4 aromatic rings. The van der Waals surface area contributed by atoms with Crippen molar-refractivity contribution in [1.29, 1.82) is 0 Å². The van der Waals surface area contributed by atoms with E-state index >= 15 is 0 Å². The summed E-state index contributed by atoms with van der Waals surface area (Å²) >= 11 is 16.1. The van der Waals surface area contributed by atoms with Crippen molar-refractivity contribution < 1.29 is 14.7 Å². The highest BCUT2D eigenvalue weighted by Crippen LogP contribution is 2.44. The quantitative estimate of drug-likeness (QED) is 0.135. The Morgan fingerprint density at radius 1 is 1.08 bits per heavy atom. The molecule has 3 heterocycles. The Kier molecular flexibility index (Phi) is 7.61. The maximum Gasteiger partial charge on any atom is 0.296 e. The molecule has 7 nitrogen and oxygen atoms in total. The van der Waals surface area contributed by atoms with E-state index in [0.717, 1.165) is 16.1 Å². The monoisotopic (exact) mass is 602 g/mol. The zero-order chi connectivity index (χ0) is 27.1. The Hall–Kier alpha value is -2.76. The molecule has 0 fully saturated rings. The van der Waals surface area contributed by atoms with Gasteiger partial charge in [0.25, 0.3) is 5.91 Å². The molecule has 2 aromatic carbocycles. The standard InChI is InChI=1S/C26H20Cl2N4O3S3/c1-12-4-6-15(7-5-12)20-19(21(33)23-13(2)29-14(3)37-23)22(34)24(35)32(20)25-30-31-26(38-25)36-11-16-8-9-17(27)10-18(16)28/h4-10,20,34H,11H2,1-3H3. The van der Waals surface area contributed by atoms with Gasteiger partial charge in [-0.1, -0.05) is 82.2 Å². The number of thiazole rings is 1. The summed E-state index contributed by atoms with van der Waals surface area (Å²) in [4.78, 5) is 33.2. The number of amides is 1. The van der Waals surface area contributed by atoms with Gasteiger partial charge in [-0.05, 0) is 44.0 Å². The van der Waals surface area contributed by atoms with Crippen LogP contribution in [0.2, 0.25) is 10.0 Å². The first-order chi connectivity index (χ1) is 18.1. The van der Waals surface area contributed by atoms with Gasteiger partial charge in [0.05, 0.1) is 27.2 Å². The maximum absolute atomic E-state index is 13.7. The molecule has 0 saturated carbocycles. The number of carbonyl (C=O) groups is 2. The second-order valence-corrected chi connectivity index (χ2v) is 12.8. The number of anilines is 1. The Morgan fingerprint density at radius 3 is 2.47 bits per heavy atom. The van der Waals surface area contributed by atoms with Crippen molar-refractivity contribution in [3.05, 3.63) is 96.1 Å². The molecule has 1 aliphatic heterocycles. The number of thioether (sulfide) groups is 1. The van der Waals surface area contributed by atoms with Crippen LogP contribution in [-0.4, -0.2) is 32.0 Å². The first kappa shape index (κ1) is 26.8. The molecule has 5 rings (SSSR count). The van der Waals surface area contributed by atoms with E-state index in [1.54, 1.807) is 19.1 Å². The zero-order valence-corrected chi connectivity index (χ0v) is 24.3. The molecule has 1 aliphatic rings. The van der Waals surface area contributed by atoms with Crippen molar-refractivity contribution in [1.82, 2.24) is 15.2 Å². The van der Waals surface area contributed by atoms with Gasteiger partial charge in [0, 0.05) is 15.8 Å². The van der Waals surface area contributed by atoms with E-state index in [-0.39, 0.29) is 10.7 Å². The number of aliphatic hydroxyl groups excluding tert-OH is 1. The minimum Gasteiger partial charge on any atom is -0.503 e. The molecular formula is C26H20Cl2N4O3S3. The third-order valence-corrected chi connectivity index (χ3v) is 9.69. The van der Waals surface area contributed by atoms with Crippen molar-refractivity contribution in [3.63, 3.8) is 0 Å². The zero-order valence-electron chi connectivity index (χ0n) is 20.4. The predicted molar refractivity (Wildman–Crippen MR) is 153 cm³/mol. The van der Waals surface area contributed by atoms with Gasteiger partial charge in [-0.3, -0.25) is 14.5 Å². The lowest BCUT2D eigenvalue weighted by molar-refractivity contribution is -0.117. The SMILES string of the molecule is Cc1ccc(C2C(C(=O)c3sc(C)nc3C)=C(O)C(=O)N2c2nnc(SCc3ccc(Cl)cc3Cl)s2)cc1. The number of Topliss-reactive ketones (excluding diaryl/α,β-unsaturated/α-hetero) is 1. The molecule has 1 N–H and O–H groups in total. The summed E-state index contributed by atoms with van der Waals surface area (Å²) in [7, 11) is 0. The van der Waals surface area contributed by atoms with Gasteiger partial charge in [-0.2, -0.15) is 0 Å². The normalized spacial score (nSPS) is 15.6. The molecule has 0 spiro atoms. The summed E-state index contributed by atoms with van der Waals surface area (Å²) in [5.74, 6) is -1.20. The van der Waals surface area contributed by atoms with Gasteiger partial charge in [-0.25, -0.2) is 4.98 Å². The van der Waals surface area contributed by atoms with Crippen molar-refractivity contribution in [2.75, 3.05) is 4.90 Å². The maximum atomic E-state index is 13.7. The summed E-state index contributed by atoms with van der Waals surface area (Å²) in [6.45, 7) is 5.50. The van der Waals surface area contributed by atoms with Crippen molar-refractivity contribution >= 4 is 74.5 Å². The van der Waals surface area contributed by atoms with Crippen LogP contribution in [0.4, 0.5) is 5.13 Å². The van der Waals surface area contributed by atoms with Crippen molar-refractivity contribution in [2.45, 2.75) is 36.9 Å². The highest BCUT2D eigenvalue weighted by Gasteiger charge is 2.46. The fraction of sp³-hybridized carbons (Fsp3) is 0.192. The number of halogens is 2. The lowest BCUT2D eigenvalue weighted by Gasteiger charge is -2.24. The number of hydrogen-bond acceptors (Lipinski definition) is 9. The minimum absolute atomic E-state index is 0.00273. The van der Waals surface area contributed by atoms with Gasteiger partial charge < -0.3 is 5.11 Å². The summed E-state index contributed by atoms with van der Waals surface area (Å²) in [5, 5.41) is 21.6. The van der Waals surface area contributed by atoms with Crippen LogP contribution >= 0.6 is 57.6 Å². The van der Waals surface area contributed by atoms with Crippen LogP contribution in [0.15, 0.2) is 58.1 Å². The predicted octanol–water partition coefficient (Wildman–Crippen LogP) is 7.30. The number of aromatic nitrogens is 3. The van der Waals surface area contributed by atoms with Crippen molar-refractivity contribution in [2.24, 2.45) is 0 Å². The number of ketones is 1. The molecule has 0 radical (unpaired) electrons. The molecule has 2 aromatic heterocycles. The van der Waals surface area contributed by atoms with Gasteiger partial charge in [0.2, 0.25) is 10.9 Å². The Morgan fingerprint density at radius 2 is 1.82 bits per heavy atom. The number of hydrogen-bond donors (Lipinski definition) is 1. The van der Waals surface area contributed by atoms with Crippen LogP contribution in [0.3, 0.4) is 0 Å². The molecule has 1 unspecified atom stereocenters. The summed E-state index contributed by atoms with van der Waals surface area (Å²) in [6, 6.07) is 11.9. The minimum atomic E-state index is -0.867. The lowest BCUT2D eigenvalue weighted by atomic mass is 9.94. The second-order valence-electron chi connectivity index (χ2n) is 8.60. The van der Waals surface area contributed by atoms with E-state index in [1.807, 2.05) is 44.2 Å². The van der Waals surface area contributed by atoms with E-state index in [2.05, 4.69) is 15.2 Å². The van der Waals surface area contributed by atoms with E-state index < -0.39 is 23.5 Å². The molecular weight excluding hydrogens is 583 g/mol. The van der Waals surface area contributed by atoms with Crippen LogP contribution in [-0.2, 0) is 10.5 Å². The molecule has 0 bridgehead atoms. The van der Waals surface area contributed by atoms with Gasteiger partial charge >= 0.3 is 0 Å². The molecule has 0 aliphatic carbocycles. The van der Waals surface area contributed by atoms with Gasteiger partial charge in [0.1, 0.15) is 0 Å². The summed E-state index contributed by atoms with van der Waals surface area (Å²) < 4.78 is 0.606. The lowest BCUT2D eigenvalue weighted by Crippen LogP contribution is -2.31. The molecule has 0 saturated heterocycles. The first-order valence-electron chi connectivity index (χ1n) is 11.4. The smallest absolute Gasteiger partial charge is 0.296 e. The third-order valence-electron chi connectivity index (χ3n) is 5.92. The molecule has 1 amide bonds. The van der Waals surface area contributed by atoms with Crippen LogP contribution < -0.4 is 4.90 Å². The summed E-state index contributed by atoms with van der Waals surface area (Å²) in [6.07, 6.45) is 0. The molecule has 194 valence electrons. The van der Waals surface area contributed by atoms with Crippen LogP contribution in [0.1, 0.15) is 43.1 Å². The van der Waals surface area contributed by atoms with Crippen molar-refractivity contribution in [3.8, 4) is 0 Å². The van der Waals surface area contributed by atoms with Gasteiger partial charge in [0.15, 0.2) is 10.1 Å². The highest BCUT2D eigenvalue weighted by molar-refractivity contribution is 8.00. The largest absolute Gasteiger partial charge is 0.503 e. The van der Waals surface area contributed by atoms with E-state index in [0.29, 0.717) is 36.3 Å². The molecule has 1 atom stereocenters. The fourth-order valence-electron chi connectivity index (χ4n) is 4.10. The van der Waals surface area contributed by atoms with Gasteiger partial charge in [-0.15, -0.1) is 21.5 Å². The number of aryl methyl sites for hydroxylation is 3. The van der Waals surface area contributed by atoms with E-state index in [1.165, 1.54) is 39.3 Å². The first-order valence-corrected chi connectivity index (χ1v) is 14.7. The van der Waals surface area contributed by atoms with E-state index in [9.17, 15) is 14.7 Å². The van der Waals surface area contributed by atoms with Crippen LogP contribution in [0.25, 0.3) is 0 Å². The molecule has 38 heavy (non-hydrogen) atoms. The van der Waals surface area contributed by atoms with Crippen LogP contribution in [0, 0.1) is 20.8 Å².